The molecule has 346 valence electrons. The predicted octanol–water partition coefficient (Wildman–Crippen LogP) is 16.9. The molecule has 3 aromatic heterocycles. The monoisotopic (exact) mass is 928 g/mol. The Morgan fingerprint density at radius 2 is 0.806 bits per heavy atom. The van der Waals surface area contributed by atoms with Gasteiger partial charge in [0.2, 0.25) is 0 Å². The number of hydrogen-bond donors (Lipinski definition) is 0. The number of nitrogens with zero attached hydrogens (tertiary/aromatic N) is 6. The normalized spacial score (nSPS) is 12.0. The highest BCUT2D eigenvalue weighted by molar-refractivity contribution is 6.12. The van der Waals surface area contributed by atoms with Crippen LogP contribution in [-0.4, -0.2) is 24.1 Å². The third-order valence-electron chi connectivity index (χ3n) is 14.2. The van der Waals surface area contributed by atoms with Crippen molar-refractivity contribution in [1.29, 1.82) is 5.26 Å². The second-order valence-electron chi connectivity index (χ2n) is 20.8. The van der Waals surface area contributed by atoms with Crippen LogP contribution in [-0.2, 0) is 10.8 Å². The number of aromatic nitrogens is 5. The van der Waals surface area contributed by atoms with Crippen LogP contribution in [0.2, 0.25) is 0 Å². The lowest BCUT2D eigenvalue weighted by molar-refractivity contribution is 0.591. The van der Waals surface area contributed by atoms with E-state index in [2.05, 4.69) is 178 Å². The van der Waals surface area contributed by atoms with Crippen molar-refractivity contribution in [2.75, 3.05) is 0 Å². The summed E-state index contributed by atoms with van der Waals surface area (Å²) in [5.41, 5.74) is 16.0. The van der Waals surface area contributed by atoms with Gasteiger partial charge in [0.15, 0.2) is 17.5 Å². The van der Waals surface area contributed by atoms with Gasteiger partial charge in [-0.1, -0.05) is 181 Å². The Kier molecular flexibility index (Phi) is 10.6. The Labute approximate surface area is 420 Å². The third-order valence-corrected chi connectivity index (χ3v) is 14.2. The zero-order valence-electron chi connectivity index (χ0n) is 41.3. The summed E-state index contributed by atoms with van der Waals surface area (Å²) >= 11 is 0. The number of rotatable bonds is 7. The summed E-state index contributed by atoms with van der Waals surface area (Å²) in [5.74, 6) is 1.77. The van der Waals surface area contributed by atoms with Gasteiger partial charge in [0.1, 0.15) is 0 Å². The molecule has 0 saturated carbocycles. The lowest BCUT2D eigenvalue weighted by atomic mass is 9.86. The predicted molar refractivity (Wildman–Crippen MR) is 298 cm³/mol. The highest BCUT2D eigenvalue weighted by Gasteiger charge is 2.25. The molecule has 9 aromatic carbocycles. The summed E-state index contributed by atoms with van der Waals surface area (Å²) in [4.78, 5) is 15.6. The lowest BCUT2D eigenvalue weighted by Gasteiger charge is -2.22. The molecular weight excluding hydrogens is 877 g/mol. The standard InChI is InChI=1S/C66H52N6/c1-65(2,3)47-31-35-59-54(39-47)50-25-15-17-27-56(50)71(59)58-34-30-45(64-69-62(42-19-9-7-10-20-42)68-63(70-64)43-21-11-8-12-22-43)37-53(58)52-33-29-44(49-24-14-13-23-46(49)41-67)38-61(52)72-57-28-18-16-26-51(57)55-40-48(66(4,5)6)32-36-60(55)72/h7-40H,1-6H3. The van der Waals surface area contributed by atoms with Gasteiger partial charge in [-0.15, -0.1) is 0 Å². The maximum atomic E-state index is 10.5. The Hall–Kier alpha value is -8.92. The van der Waals surface area contributed by atoms with Crippen molar-refractivity contribution in [3.63, 3.8) is 0 Å². The van der Waals surface area contributed by atoms with E-state index in [0.29, 0.717) is 23.0 Å². The van der Waals surface area contributed by atoms with Crippen LogP contribution in [0.15, 0.2) is 206 Å². The summed E-state index contributed by atoms with van der Waals surface area (Å²) in [5, 5.41) is 15.2. The molecule has 0 unspecified atom stereocenters. The van der Waals surface area contributed by atoms with Crippen molar-refractivity contribution in [1.82, 2.24) is 24.1 Å². The van der Waals surface area contributed by atoms with Gasteiger partial charge < -0.3 is 9.13 Å². The minimum absolute atomic E-state index is 0.0390. The van der Waals surface area contributed by atoms with Gasteiger partial charge in [0, 0.05) is 49.4 Å². The molecule has 0 spiro atoms. The molecule has 0 atom stereocenters. The number of para-hydroxylation sites is 2. The maximum absolute atomic E-state index is 10.5. The second kappa shape index (κ2) is 17.2. The van der Waals surface area contributed by atoms with Crippen LogP contribution >= 0.6 is 0 Å². The number of hydrogen-bond acceptors (Lipinski definition) is 4. The average Bonchev–Trinajstić information content (AvgIpc) is 3.92. The summed E-state index contributed by atoms with van der Waals surface area (Å²) in [6.07, 6.45) is 0. The largest absolute Gasteiger partial charge is 0.309 e. The first kappa shape index (κ1) is 44.3. The van der Waals surface area contributed by atoms with Crippen molar-refractivity contribution in [2.45, 2.75) is 52.4 Å². The summed E-state index contributed by atoms with van der Waals surface area (Å²) in [6, 6.07) is 75.3. The quantitative estimate of drug-likeness (QED) is 0.160. The maximum Gasteiger partial charge on any atom is 0.164 e. The molecule has 0 N–H and O–H groups in total. The van der Waals surface area contributed by atoms with E-state index >= 15 is 0 Å². The van der Waals surface area contributed by atoms with Crippen LogP contribution in [0.1, 0.15) is 58.2 Å². The van der Waals surface area contributed by atoms with E-state index in [9.17, 15) is 5.26 Å². The van der Waals surface area contributed by atoms with Crippen LogP contribution in [0.4, 0.5) is 0 Å². The fourth-order valence-electron chi connectivity index (χ4n) is 10.4. The van der Waals surface area contributed by atoms with Crippen molar-refractivity contribution in [3.05, 3.63) is 223 Å². The molecule has 0 amide bonds. The molecule has 0 fully saturated rings. The Bertz CT molecular complexity index is 4060. The number of benzene rings is 9. The smallest absolute Gasteiger partial charge is 0.164 e. The molecule has 0 aliphatic rings. The first-order chi connectivity index (χ1) is 34.9. The third kappa shape index (κ3) is 7.62. The molecular formula is C66H52N6. The topological polar surface area (TPSA) is 72.3 Å². The molecule has 72 heavy (non-hydrogen) atoms. The van der Waals surface area contributed by atoms with E-state index in [1.165, 1.54) is 32.7 Å². The van der Waals surface area contributed by atoms with Crippen molar-refractivity contribution < 1.29 is 0 Å². The van der Waals surface area contributed by atoms with Gasteiger partial charge in [-0.2, -0.15) is 5.26 Å². The van der Waals surface area contributed by atoms with E-state index in [4.69, 9.17) is 15.0 Å². The van der Waals surface area contributed by atoms with E-state index in [1.54, 1.807) is 0 Å². The van der Waals surface area contributed by atoms with Crippen molar-refractivity contribution in [2.24, 2.45) is 0 Å². The Balaban J connectivity index is 1.21. The van der Waals surface area contributed by atoms with E-state index in [-0.39, 0.29) is 10.8 Å². The molecule has 0 saturated heterocycles. The fourth-order valence-corrected chi connectivity index (χ4v) is 10.4. The zero-order valence-corrected chi connectivity index (χ0v) is 41.3. The van der Waals surface area contributed by atoms with Gasteiger partial charge in [0.05, 0.1) is 45.1 Å². The zero-order chi connectivity index (χ0) is 49.3. The average molecular weight is 929 g/mol. The molecule has 6 nitrogen and oxygen atoms in total. The number of fused-ring (bicyclic) bond motifs is 6. The van der Waals surface area contributed by atoms with Gasteiger partial charge in [-0.25, -0.2) is 15.0 Å². The van der Waals surface area contributed by atoms with Crippen LogP contribution in [0.3, 0.4) is 0 Å². The summed E-state index contributed by atoms with van der Waals surface area (Å²) in [6.45, 7) is 13.6. The van der Waals surface area contributed by atoms with Crippen LogP contribution in [0.5, 0.6) is 0 Å². The lowest BCUT2D eigenvalue weighted by Crippen LogP contribution is -2.10. The molecule has 6 heteroatoms. The van der Waals surface area contributed by atoms with Gasteiger partial charge in [0.25, 0.3) is 0 Å². The Morgan fingerprint density at radius 3 is 1.35 bits per heavy atom. The molecule has 0 aliphatic heterocycles. The summed E-state index contributed by atoms with van der Waals surface area (Å²) < 4.78 is 4.85. The highest BCUT2D eigenvalue weighted by atomic mass is 15.0. The van der Waals surface area contributed by atoms with E-state index in [1.807, 2.05) is 84.9 Å². The highest BCUT2D eigenvalue weighted by Crippen LogP contribution is 2.45. The molecule has 0 radical (unpaired) electrons. The molecule has 0 bridgehead atoms. The van der Waals surface area contributed by atoms with Gasteiger partial charge >= 0.3 is 0 Å². The molecule has 3 heterocycles. The molecule has 0 aliphatic carbocycles. The first-order valence-corrected chi connectivity index (χ1v) is 24.7. The van der Waals surface area contributed by atoms with Crippen LogP contribution in [0, 0.1) is 11.3 Å². The van der Waals surface area contributed by atoms with Crippen molar-refractivity contribution in [3.8, 4) is 73.9 Å². The number of nitriles is 1. The van der Waals surface area contributed by atoms with Crippen molar-refractivity contribution >= 4 is 43.6 Å². The van der Waals surface area contributed by atoms with Gasteiger partial charge in [-0.05, 0) is 99.8 Å². The molecule has 12 aromatic rings. The van der Waals surface area contributed by atoms with E-state index < -0.39 is 0 Å². The molecule has 12 rings (SSSR count). The summed E-state index contributed by atoms with van der Waals surface area (Å²) in [7, 11) is 0. The van der Waals surface area contributed by atoms with Gasteiger partial charge in [-0.3, -0.25) is 0 Å². The first-order valence-electron chi connectivity index (χ1n) is 24.7. The minimum Gasteiger partial charge on any atom is -0.309 e. The van der Waals surface area contributed by atoms with Crippen LogP contribution < -0.4 is 0 Å². The Morgan fingerprint density at radius 1 is 0.347 bits per heavy atom. The van der Waals surface area contributed by atoms with E-state index in [0.717, 1.165) is 72.4 Å². The SMILES string of the molecule is CC(C)(C)c1ccc2c(c1)c1ccccc1n2-c1ccc(-c2nc(-c3ccccc3)nc(-c3ccccc3)n2)cc1-c1ccc(-c2ccccc2C#N)cc1-n1c2ccccc2c2cc(C(C)(C)C)ccc21. The fraction of sp³-hybridized carbons (Fsp3) is 0.121. The van der Waals surface area contributed by atoms with Crippen LogP contribution in [0.25, 0.3) is 111 Å². The second-order valence-corrected chi connectivity index (χ2v) is 20.8. The minimum atomic E-state index is -0.0510.